The molecular formula is C11H4BrClN4O3. The Morgan fingerprint density at radius 1 is 1.45 bits per heavy atom. The number of nitro benzene ring substituents is 1. The number of nitriles is 1. The summed E-state index contributed by atoms with van der Waals surface area (Å²) in [7, 11) is 0. The highest BCUT2D eigenvalue weighted by atomic mass is 79.9. The first kappa shape index (κ1) is 14.2. The van der Waals surface area contributed by atoms with E-state index in [2.05, 4.69) is 25.9 Å². The lowest BCUT2D eigenvalue weighted by atomic mass is 10.2. The van der Waals surface area contributed by atoms with E-state index in [4.69, 9.17) is 21.6 Å². The highest BCUT2D eigenvalue weighted by molar-refractivity contribution is 9.10. The number of aromatic nitrogens is 2. The highest BCUT2D eigenvalue weighted by Gasteiger charge is 2.19. The van der Waals surface area contributed by atoms with Crippen molar-refractivity contribution in [3.8, 4) is 17.7 Å². The predicted molar refractivity (Wildman–Crippen MR) is 72.6 cm³/mol. The SMILES string of the molecule is N#Cc1ccc(Oc2ncnc(Cl)c2Br)c([N+](=O)[O-])c1. The first-order chi connectivity index (χ1) is 9.52. The zero-order valence-corrected chi connectivity index (χ0v) is 11.9. The van der Waals surface area contributed by atoms with Gasteiger partial charge in [-0.3, -0.25) is 10.1 Å². The Morgan fingerprint density at radius 2 is 2.20 bits per heavy atom. The van der Waals surface area contributed by atoms with Crippen molar-refractivity contribution in [3.63, 3.8) is 0 Å². The van der Waals surface area contributed by atoms with Gasteiger partial charge in [0.05, 0.1) is 16.6 Å². The molecule has 0 spiro atoms. The normalized spacial score (nSPS) is 9.85. The lowest BCUT2D eigenvalue weighted by Crippen LogP contribution is -1.96. The number of rotatable bonds is 3. The van der Waals surface area contributed by atoms with Crippen LogP contribution in [0.25, 0.3) is 0 Å². The molecule has 1 heterocycles. The van der Waals surface area contributed by atoms with Gasteiger partial charge in [-0.15, -0.1) is 0 Å². The van der Waals surface area contributed by atoms with Crippen LogP contribution < -0.4 is 4.74 Å². The minimum absolute atomic E-state index is 0.0396. The Balaban J connectivity index is 2.46. The monoisotopic (exact) mass is 354 g/mol. The van der Waals surface area contributed by atoms with Crippen LogP contribution in [0.4, 0.5) is 5.69 Å². The van der Waals surface area contributed by atoms with Crippen molar-refractivity contribution in [1.82, 2.24) is 9.97 Å². The first-order valence-electron chi connectivity index (χ1n) is 5.05. The molecular weight excluding hydrogens is 352 g/mol. The van der Waals surface area contributed by atoms with Gasteiger partial charge in [0.1, 0.15) is 10.8 Å². The third-order valence-electron chi connectivity index (χ3n) is 2.21. The Morgan fingerprint density at radius 3 is 2.85 bits per heavy atom. The minimum Gasteiger partial charge on any atom is -0.430 e. The van der Waals surface area contributed by atoms with Crippen molar-refractivity contribution >= 4 is 33.2 Å². The van der Waals surface area contributed by atoms with E-state index in [1.165, 1.54) is 12.1 Å². The fourth-order valence-electron chi connectivity index (χ4n) is 1.32. The Bertz CT molecular complexity index is 732. The second-order valence-corrected chi connectivity index (χ2v) is 4.59. The third-order valence-corrected chi connectivity index (χ3v) is 3.44. The molecule has 0 fully saturated rings. The summed E-state index contributed by atoms with van der Waals surface area (Å²) in [5.74, 6) is -0.0118. The number of nitro groups is 1. The molecule has 1 aromatic heterocycles. The second-order valence-electron chi connectivity index (χ2n) is 3.44. The van der Waals surface area contributed by atoms with Crippen molar-refractivity contribution in [2.45, 2.75) is 0 Å². The van der Waals surface area contributed by atoms with E-state index in [-0.39, 0.29) is 32.5 Å². The van der Waals surface area contributed by atoms with Crippen LogP contribution in [0, 0.1) is 21.4 Å². The third kappa shape index (κ3) is 2.84. The summed E-state index contributed by atoms with van der Waals surface area (Å²) < 4.78 is 5.63. The molecule has 20 heavy (non-hydrogen) atoms. The van der Waals surface area contributed by atoms with E-state index in [1.54, 1.807) is 0 Å². The van der Waals surface area contributed by atoms with Gasteiger partial charge >= 0.3 is 5.69 Å². The van der Waals surface area contributed by atoms with Crippen LogP contribution in [0.1, 0.15) is 5.56 Å². The van der Waals surface area contributed by atoms with Gasteiger partial charge in [0.2, 0.25) is 11.6 Å². The number of halogens is 2. The average molecular weight is 356 g/mol. The summed E-state index contributed by atoms with van der Waals surface area (Å²) in [5.41, 5.74) is -0.186. The van der Waals surface area contributed by atoms with Gasteiger partial charge in [0.15, 0.2) is 5.15 Å². The highest BCUT2D eigenvalue weighted by Crippen LogP contribution is 2.36. The lowest BCUT2D eigenvalue weighted by molar-refractivity contribution is -0.385. The Hall–Kier alpha value is -2.24. The van der Waals surface area contributed by atoms with Gasteiger partial charge < -0.3 is 4.74 Å². The van der Waals surface area contributed by atoms with Crippen LogP contribution >= 0.6 is 27.5 Å². The molecule has 0 aliphatic rings. The van der Waals surface area contributed by atoms with Gasteiger partial charge in [-0.05, 0) is 28.1 Å². The Labute approximate surface area is 126 Å². The zero-order valence-electron chi connectivity index (χ0n) is 9.58. The molecule has 0 bridgehead atoms. The van der Waals surface area contributed by atoms with E-state index in [0.717, 1.165) is 12.4 Å². The van der Waals surface area contributed by atoms with Crippen LogP contribution in [0.3, 0.4) is 0 Å². The van der Waals surface area contributed by atoms with Gasteiger partial charge in [0.25, 0.3) is 0 Å². The molecule has 0 radical (unpaired) electrons. The van der Waals surface area contributed by atoms with Crippen LogP contribution in [-0.2, 0) is 0 Å². The topological polar surface area (TPSA) is 102 Å². The molecule has 9 heteroatoms. The summed E-state index contributed by atoms with van der Waals surface area (Å²) in [4.78, 5) is 17.9. The van der Waals surface area contributed by atoms with E-state index in [9.17, 15) is 10.1 Å². The fraction of sp³-hybridized carbons (Fsp3) is 0. The molecule has 2 rings (SSSR count). The van der Waals surface area contributed by atoms with Gasteiger partial charge in [-0.25, -0.2) is 9.97 Å². The van der Waals surface area contributed by atoms with E-state index < -0.39 is 4.92 Å². The van der Waals surface area contributed by atoms with Crippen molar-refractivity contribution in [2.24, 2.45) is 0 Å². The van der Waals surface area contributed by atoms with Crippen molar-refractivity contribution in [1.29, 1.82) is 5.26 Å². The molecule has 0 N–H and O–H groups in total. The van der Waals surface area contributed by atoms with Crippen LogP contribution in [-0.4, -0.2) is 14.9 Å². The van der Waals surface area contributed by atoms with E-state index >= 15 is 0 Å². The van der Waals surface area contributed by atoms with Crippen LogP contribution in [0.2, 0.25) is 5.15 Å². The predicted octanol–water partition coefficient (Wildman–Crippen LogP) is 3.46. The molecule has 1 aromatic carbocycles. The van der Waals surface area contributed by atoms with Crippen molar-refractivity contribution < 1.29 is 9.66 Å². The fourth-order valence-corrected chi connectivity index (χ4v) is 1.73. The number of ether oxygens (including phenoxy) is 1. The van der Waals surface area contributed by atoms with Crippen LogP contribution in [0.15, 0.2) is 29.0 Å². The first-order valence-corrected chi connectivity index (χ1v) is 6.22. The standard InChI is InChI=1S/C11H4BrClN4O3/c12-9-10(13)15-5-16-11(9)20-8-2-1-6(4-14)3-7(8)17(18)19/h1-3,5H. The maximum Gasteiger partial charge on any atom is 0.312 e. The molecule has 0 unspecified atom stereocenters. The van der Waals surface area contributed by atoms with Gasteiger partial charge in [-0.2, -0.15) is 5.26 Å². The van der Waals surface area contributed by atoms with Crippen molar-refractivity contribution in [3.05, 3.63) is 49.8 Å². The molecule has 0 saturated carbocycles. The number of nitrogens with zero attached hydrogens (tertiary/aromatic N) is 4. The number of hydrogen-bond acceptors (Lipinski definition) is 6. The summed E-state index contributed by atoms with van der Waals surface area (Å²) >= 11 is 8.90. The molecule has 0 atom stereocenters. The molecule has 0 aliphatic carbocycles. The number of benzene rings is 1. The van der Waals surface area contributed by atoms with Crippen LogP contribution in [0.5, 0.6) is 11.6 Å². The average Bonchev–Trinajstić information content (AvgIpc) is 2.44. The molecule has 0 aliphatic heterocycles. The van der Waals surface area contributed by atoms with E-state index in [0.29, 0.717) is 0 Å². The number of hydrogen-bond donors (Lipinski definition) is 0. The summed E-state index contributed by atoms with van der Waals surface area (Å²) in [6, 6.07) is 5.66. The smallest absolute Gasteiger partial charge is 0.312 e. The largest absolute Gasteiger partial charge is 0.430 e. The summed E-state index contributed by atoms with van der Waals surface area (Å²) in [6.07, 6.45) is 1.16. The molecule has 2 aromatic rings. The zero-order chi connectivity index (χ0) is 14.7. The maximum absolute atomic E-state index is 11.0. The lowest BCUT2D eigenvalue weighted by Gasteiger charge is -2.07. The Kier molecular flexibility index (Phi) is 4.12. The summed E-state index contributed by atoms with van der Waals surface area (Å²) in [5, 5.41) is 19.8. The van der Waals surface area contributed by atoms with E-state index in [1.807, 2.05) is 6.07 Å². The second kappa shape index (κ2) is 5.81. The molecule has 7 nitrogen and oxygen atoms in total. The molecule has 100 valence electrons. The van der Waals surface area contributed by atoms with Gasteiger partial charge in [-0.1, -0.05) is 11.6 Å². The molecule has 0 amide bonds. The maximum atomic E-state index is 11.0. The van der Waals surface area contributed by atoms with Crippen molar-refractivity contribution in [2.75, 3.05) is 0 Å². The quantitative estimate of drug-likeness (QED) is 0.474. The van der Waals surface area contributed by atoms with Gasteiger partial charge in [0, 0.05) is 6.07 Å². The summed E-state index contributed by atoms with van der Waals surface area (Å²) in [6.45, 7) is 0. The molecule has 0 saturated heterocycles. The minimum atomic E-state index is -0.646.